The van der Waals surface area contributed by atoms with Crippen LogP contribution in [-0.2, 0) is 15.8 Å². The monoisotopic (exact) mass is 397 g/mol. The van der Waals surface area contributed by atoms with Crippen molar-refractivity contribution >= 4 is 11.9 Å². The molecule has 2 atom stereocenters. The minimum Gasteiger partial charge on any atom is -0.481 e. The predicted octanol–water partition coefficient (Wildman–Crippen LogP) is 4.32. The van der Waals surface area contributed by atoms with Crippen LogP contribution in [0.5, 0.6) is 0 Å². The van der Waals surface area contributed by atoms with E-state index in [2.05, 4.69) is 5.32 Å². The van der Waals surface area contributed by atoms with E-state index in [1.807, 2.05) is 0 Å². The van der Waals surface area contributed by atoms with E-state index in [-0.39, 0.29) is 18.9 Å². The summed E-state index contributed by atoms with van der Waals surface area (Å²) in [6.45, 7) is 1.51. The summed E-state index contributed by atoms with van der Waals surface area (Å²) < 4.78 is 50.8. The van der Waals surface area contributed by atoms with Crippen LogP contribution >= 0.6 is 0 Å². The molecule has 0 aliphatic carbocycles. The summed E-state index contributed by atoms with van der Waals surface area (Å²) in [5, 5.41) is 11.8. The molecule has 2 aromatic rings. The number of hydrogen-bond donors (Lipinski definition) is 2. The topological polar surface area (TPSA) is 66.4 Å². The van der Waals surface area contributed by atoms with Crippen molar-refractivity contribution in [3.63, 3.8) is 0 Å². The lowest BCUT2D eigenvalue weighted by Crippen LogP contribution is -2.32. The van der Waals surface area contributed by atoms with Gasteiger partial charge in [0.2, 0.25) is 5.91 Å². The number of carbonyl (C=O) groups is 2. The Kier molecular flexibility index (Phi) is 6.77. The summed E-state index contributed by atoms with van der Waals surface area (Å²) in [7, 11) is 0. The van der Waals surface area contributed by atoms with Crippen LogP contribution < -0.4 is 5.32 Å². The molecule has 0 heterocycles. The highest BCUT2D eigenvalue weighted by Crippen LogP contribution is 2.30. The van der Waals surface area contributed by atoms with E-state index < -0.39 is 35.4 Å². The third kappa shape index (κ3) is 5.80. The molecule has 0 saturated carbocycles. The van der Waals surface area contributed by atoms with Crippen LogP contribution in [0.25, 0.3) is 0 Å². The van der Waals surface area contributed by atoms with Crippen molar-refractivity contribution in [3.05, 3.63) is 71.0 Å². The minimum atomic E-state index is -4.43. The lowest BCUT2D eigenvalue weighted by Gasteiger charge is -2.16. The molecule has 2 aromatic carbocycles. The number of carboxylic acid groups (broad SMARTS) is 1. The Morgan fingerprint density at radius 2 is 1.54 bits per heavy atom. The number of halogens is 4. The van der Waals surface area contributed by atoms with Gasteiger partial charge in [-0.15, -0.1) is 0 Å². The fraction of sp³-hybridized carbons (Fsp3) is 0.300. The number of aliphatic carboxylic acids is 1. The van der Waals surface area contributed by atoms with E-state index in [1.165, 1.54) is 24.3 Å². The summed E-state index contributed by atoms with van der Waals surface area (Å²) in [5.74, 6) is -3.48. The van der Waals surface area contributed by atoms with Crippen molar-refractivity contribution in [3.8, 4) is 0 Å². The molecule has 0 saturated heterocycles. The molecule has 0 aromatic heterocycles. The van der Waals surface area contributed by atoms with Gasteiger partial charge in [0.05, 0.1) is 11.5 Å². The molecule has 0 fully saturated rings. The molecule has 8 heteroatoms. The highest BCUT2D eigenvalue weighted by molar-refractivity contribution is 5.80. The summed E-state index contributed by atoms with van der Waals surface area (Å²) in [5.41, 5.74) is 0.151. The first-order chi connectivity index (χ1) is 13.1. The zero-order valence-corrected chi connectivity index (χ0v) is 15.0. The number of carbonyl (C=O) groups excluding carboxylic acids is 1. The highest BCUT2D eigenvalue weighted by Gasteiger charge is 2.30. The van der Waals surface area contributed by atoms with Crippen LogP contribution in [0.2, 0.25) is 0 Å². The molecule has 2 N–H and O–H groups in total. The average molecular weight is 397 g/mol. The maximum Gasteiger partial charge on any atom is 0.416 e. The van der Waals surface area contributed by atoms with Crippen molar-refractivity contribution < 1.29 is 32.3 Å². The van der Waals surface area contributed by atoms with Crippen molar-refractivity contribution in [1.29, 1.82) is 0 Å². The van der Waals surface area contributed by atoms with E-state index in [9.17, 15) is 32.3 Å². The molecular formula is C20H19F4NO3. The SMILES string of the molecule is CC(CC(=O)NCC(C(=O)O)c1ccc(F)cc1)c1ccc(C(F)(F)F)cc1. The lowest BCUT2D eigenvalue weighted by atomic mass is 9.95. The van der Waals surface area contributed by atoms with Crippen LogP contribution in [0.3, 0.4) is 0 Å². The highest BCUT2D eigenvalue weighted by atomic mass is 19.4. The van der Waals surface area contributed by atoms with E-state index in [1.54, 1.807) is 6.92 Å². The Morgan fingerprint density at radius 3 is 2.04 bits per heavy atom. The zero-order chi connectivity index (χ0) is 20.9. The summed E-state index contributed by atoms with van der Waals surface area (Å²) in [4.78, 5) is 23.5. The second-order valence-electron chi connectivity index (χ2n) is 6.47. The first-order valence-electron chi connectivity index (χ1n) is 8.50. The third-order valence-electron chi connectivity index (χ3n) is 4.37. The van der Waals surface area contributed by atoms with Gasteiger partial charge in [-0.3, -0.25) is 9.59 Å². The standard InChI is InChI=1S/C20H19F4NO3/c1-12(13-2-6-15(7-3-13)20(22,23)24)10-18(26)25-11-17(19(27)28)14-4-8-16(21)9-5-14/h2-9,12,17H,10-11H2,1H3,(H,25,26)(H,27,28). The lowest BCUT2D eigenvalue weighted by molar-refractivity contribution is -0.139. The molecule has 1 amide bonds. The molecule has 2 rings (SSSR count). The zero-order valence-electron chi connectivity index (χ0n) is 15.0. The van der Waals surface area contributed by atoms with Gasteiger partial charge in [-0.25, -0.2) is 4.39 Å². The van der Waals surface area contributed by atoms with Crippen molar-refractivity contribution in [1.82, 2.24) is 5.32 Å². The molecule has 0 spiro atoms. The first-order valence-corrected chi connectivity index (χ1v) is 8.50. The first kappa shape index (κ1) is 21.4. The molecule has 150 valence electrons. The smallest absolute Gasteiger partial charge is 0.416 e. The Hall–Kier alpha value is -2.90. The molecule has 28 heavy (non-hydrogen) atoms. The van der Waals surface area contributed by atoms with Crippen LogP contribution in [0, 0.1) is 5.82 Å². The summed E-state index contributed by atoms with van der Waals surface area (Å²) in [6, 6.07) is 9.51. The van der Waals surface area contributed by atoms with Crippen molar-refractivity contribution in [2.24, 2.45) is 0 Å². The van der Waals surface area contributed by atoms with Crippen LogP contribution in [-0.4, -0.2) is 23.5 Å². The molecule has 0 bridgehead atoms. The molecule has 0 aliphatic heterocycles. The van der Waals surface area contributed by atoms with Gasteiger partial charge in [0.15, 0.2) is 0 Å². The number of nitrogens with one attached hydrogen (secondary N) is 1. The largest absolute Gasteiger partial charge is 0.481 e. The summed E-state index contributed by atoms with van der Waals surface area (Å²) >= 11 is 0. The Bertz CT molecular complexity index is 817. The Balaban J connectivity index is 1.95. The minimum absolute atomic E-state index is 0.0128. The quantitative estimate of drug-likeness (QED) is 0.684. The van der Waals surface area contributed by atoms with Gasteiger partial charge in [0.1, 0.15) is 5.82 Å². The van der Waals surface area contributed by atoms with Gasteiger partial charge in [-0.2, -0.15) is 13.2 Å². The van der Waals surface area contributed by atoms with Crippen LogP contribution in [0.15, 0.2) is 48.5 Å². The molecule has 0 radical (unpaired) electrons. The van der Waals surface area contributed by atoms with E-state index in [4.69, 9.17) is 0 Å². The van der Waals surface area contributed by atoms with Crippen molar-refractivity contribution in [2.45, 2.75) is 31.4 Å². The van der Waals surface area contributed by atoms with Gasteiger partial charge < -0.3 is 10.4 Å². The van der Waals surface area contributed by atoms with E-state index in [0.717, 1.165) is 24.3 Å². The Labute approximate surface area is 159 Å². The number of alkyl halides is 3. The summed E-state index contributed by atoms with van der Waals surface area (Å²) in [6.07, 6.45) is -4.44. The van der Waals surface area contributed by atoms with Gasteiger partial charge in [0, 0.05) is 13.0 Å². The predicted molar refractivity (Wildman–Crippen MR) is 94.3 cm³/mol. The maximum atomic E-state index is 13.0. The number of rotatable bonds is 7. The third-order valence-corrected chi connectivity index (χ3v) is 4.37. The molecular weight excluding hydrogens is 378 g/mol. The second kappa shape index (κ2) is 8.86. The van der Waals surface area contributed by atoms with Gasteiger partial charge in [-0.1, -0.05) is 31.2 Å². The number of amides is 1. The van der Waals surface area contributed by atoms with Gasteiger partial charge >= 0.3 is 12.1 Å². The van der Waals surface area contributed by atoms with Gasteiger partial charge in [0.25, 0.3) is 0 Å². The van der Waals surface area contributed by atoms with Crippen molar-refractivity contribution in [2.75, 3.05) is 6.54 Å². The number of carboxylic acids is 1. The molecule has 0 aliphatic rings. The van der Waals surface area contributed by atoms with Crippen LogP contribution in [0.4, 0.5) is 17.6 Å². The Morgan fingerprint density at radius 1 is 1.00 bits per heavy atom. The number of benzene rings is 2. The molecule has 4 nitrogen and oxygen atoms in total. The van der Waals surface area contributed by atoms with Gasteiger partial charge in [-0.05, 0) is 41.3 Å². The fourth-order valence-corrected chi connectivity index (χ4v) is 2.73. The average Bonchev–Trinajstić information content (AvgIpc) is 2.62. The normalized spacial score (nSPS) is 13.6. The van der Waals surface area contributed by atoms with E-state index >= 15 is 0 Å². The van der Waals surface area contributed by atoms with Crippen LogP contribution in [0.1, 0.15) is 41.9 Å². The second-order valence-corrected chi connectivity index (χ2v) is 6.47. The fourth-order valence-electron chi connectivity index (χ4n) is 2.73. The molecule has 2 unspecified atom stereocenters. The van der Waals surface area contributed by atoms with E-state index in [0.29, 0.717) is 11.1 Å². The maximum absolute atomic E-state index is 13.0. The number of hydrogen-bond acceptors (Lipinski definition) is 2.